The number of nitrogens with zero attached hydrogens (tertiary/aromatic N) is 3. The SMILES string of the molecule is C[C@@H](C(=O)N[C@H](C(=O)N1Cc2cc([N+](=O)[O-])ccc2C[C@H]1C(=O)N[C@@H]1CCCc2ccccc21)C(C)(C)C)N(C)C(=O)OC(C)(C)C. The number of rotatable bonds is 7. The Bertz CT molecular complexity index is 1540. The van der Waals surface area contributed by atoms with Crippen molar-refractivity contribution in [3.63, 3.8) is 0 Å². The van der Waals surface area contributed by atoms with Gasteiger partial charge in [0.05, 0.1) is 11.0 Å². The molecule has 2 aliphatic rings. The van der Waals surface area contributed by atoms with Crippen LogP contribution in [0.2, 0.25) is 0 Å². The molecule has 0 saturated carbocycles. The Balaban J connectivity index is 1.64. The number of hydrogen-bond acceptors (Lipinski definition) is 7. The number of nitro groups is 1. The van der Waals surface area contributed by atoms with Gasteiger partial charge < -0.3 is 20.3 Å². The Morgan fingerprint density at radius 1 is 1.02 bits per heavy atom. The first-order valence-electron chi connectivity index (χ1n) is 16.1. The highest BCUT2D eigenvalue weighted by Crippen LogP contribution is 2.33. The number of carbonyl (C=O) groups is 4. The summed E-state index contributed by atoms with van der Waals surface area (Å²) in [6.45, 7) is 12.1. The maximum Gasteiger partial charge on any atom is 0.410 e. The zero-order valence-corrected chi connectivity index (χ0v) is 28.6. The zero-order valence-electron chi connectivity index (χ0n) is 28.6. The third kappa shape index (κ3) is 8.28. The quantitative estimate of drug-likeness (QED) is 0.322. The zero-order chi connectivity index (χ0) is 34.8. The Kier molecular flexibility index (Phi) is 10.3. The fourth-order valence-corrected chi connectivity index (χ4v) is 6.07. The summed E-state index contributed by atoms with van der Waals surface area (Å²) in [5.74, 6) is -1.40. The predicted molar refractivity (Wildman–Crippen MR) is 176 cm³/mol. The van der Waals surface area contributed by atoms with Crippen LogP contribution in [0.5, 0.6) is 0 Å². The van der Waals surface area contributed by atoms with E-state index in [9.17, 15) is 29.3 Å². The van der Waals surface area contributed by atoms with E-state index in [1.165, 1.54) is 41.5 Å². The average molecular weight is 650 g/mol. The van der Waals surface area contributed by atoms with Crippen LogP contribution < -0.4 is 10.6 Å². The molecule has 47 heavy (non-hydrogen) atoms. The minimum atomic E-state index is -1.09. The van der Waals surface area contributed by atoms with Crippen LogP contribution in [0.4, 0.5) is 10.5 Å². The molecule has 4 amide bonds. The Labute approximate surface area is 276 Å². The molecule has 0 aromatic heterocycles. The van der Waals surface area contributed by atoms with Gasteiger partial charge in [-0.25, -0.2) is 4.79 Å². The van der Waals surface area contributed by atoms with Crippen LogP contribution in [-0.4, -0.2) is 69.3 Å². The molecule has 0 spiro atoms. The molecule has 0 fully saturated rings. The van der Waals surface area contributed by atoms with Gasteiger partial charge in [0.25, 0.3) is 5.69 Å². The fourth-order valence-electron chi connectivity index (χ4n) is 6.07. The summed E-state index contributed by atoms with van der Waals surface area (Å²) in [6, 6.07) is 9.28. The van der Waals surface area contributed by atoms with Crippen molar-refractivity contribution in [2.75, 3.05) is 7.05 Å². The highest BCUT2D eigenvalue weighted by Gasteiger charge is 2.43. The molecule has 2 aromatic rings. The monoisotopic (exact) mass is 649 g/mol. The van der Waals surface area contributed by atoms with Crippen molar-refractivity contribution < 1.29 is 28.8 Å². The van der Waals surface area contributed by atoms with E-state index in [0.717, 1.165) is 30.4 Å². The molecule has 0 bridgehead atoms. The van der Waals surface area contributed by atoms with Crippen LogP contribution in [0.15, 0.2) is 42.5 Å². The van der Waals surface area contributed by atoms with Crippen LogP contribution in [0.3, 0.4) is 0 Å². The number of nitrogens with one attached hydrogen (secondary N) is 2. The second-order valence-electron chi connectivity index (χ2n) is 14.6. The standard InChI is InChI=1S/C35H47N5O7/c1-21(38(8)33(44)47-35(5,6)7)30(41)37-29(34(2,3)4)32(43)39-20-24-18-25(40(45)46)17-16-23(24)19-28(39)31(42)36-27-15-11-13-22-12-9-10-14-26(22)27/h9-10,12,14,16-18,21,27-29H,11,13,15,19-20H2,1-8H3,(H,36,42)(H,37,41)/t21-,27+,28-,29+/m0/s1. The van der Waals surface area contributed by atoms with E-state index in [1.807, 2.05) is 18.2 Å². The summed E-state index contributed by atoms with van der Waals surface area (Å²) in [7, 11) is 1.45. The highest BCUT2D eigenvalue weighted by molar-refractivity contribution is 5.94. The summed E-state index contributed by atoms with van der Waals surface area (Å²) in [5.41, 5.74) is 1.87. The molecular formula is C35H47N5O7. The van der Waals surface area contributed by atoms with Crippen molar-refractivity contribution in [2.24, 2.45) is 5.41 Å². The Morgan fingerprint density at radius 3 is 2.34 bits per heavy atom. The first kappa shape index (κ1) is 35.4. The lowest BCUT2D eigenvalue weighted by Crippen LogP contribution is -2.62. The van der Waals surface area contributed by atoms with Gasteiger partial charge in [0.1, 0.15) is 23.7 Å². The summed E-state index contributed by atoms with van der Waals surface area (Å²) in [4.78, 5) is 68.5. The van der Waals surface area contributed by atoms with Crippen molar-refractivity contribution in [2.45, 2.75) is 110 Å². The Hall–Kier alpha value is -4.48. The summed E-state index contributed by atoms with van der Waals surface area (Å²) in [6.07, 6.45) is 2.07. The van der Waals surface area contributed by atoms with E-state index >= 15 is 0 Å². The summed E-state index contributed by atoms with van der Waals surface area (Å²) >= 11 is 0. The third-order valence-electron chi connectivity index (χ3n) is 8.84. The van der Waals surface area contributed by atoms with Crippen molar-refractivity contribution >= 4 is 29.5 Å². The molecule has 4 rings (SSSR count). The first-order chi connectivity index (χ1) is 21.9. The van der Waals surface area contributed by atoms with Gasteiger partial charge in [0, 0.05) is 32.1 Å². The number of likely N-dealkylation sites (N-methyl/N-ethyl adjacent to an activating group) is 1. The van der Waals surface area contributed by atoms with Crippen LogP contribution in [0.1, 0.15) is 89.6 Å². The number of aryl methyl sites for hydroxylation is 1. The molecular weight excluding hydrogens is 602 g/mol. The molecule has 1 aliphatic carbocycles. The van der Waals surface area contributed by atoms with Crippen LogP contribution in [-0.2, 0) is 38.5 Å². The topological polar surface area (TPSA) is 151 Å². The molecule has 1 heterocycles. The minimum Gasteiger partial charge on any atom is -0.444 e. The molecule has 254 valence electrons. The molecule has 12 nitrogen and oxygen atoms in total. The van der Waals surface area contributed by atoms with Gasteiger partial charge in [-0.05, 0) is 74.6 Å². The number of benzene rings is 2. The van der Waals surface area contributed by atoms with Crippen LogP contribution >= 0.6 is 0 Å². The van der Waals surface area contributed by atoms with E-state index in [0.29, 0.717) is 5.56 Å². The van der Waals surface area contributed by atoms with Gasteiger partial charge in [0.2, 0.25) is 17.7 Å². The highest BCUT2D eigenvalue weighted by atomic mass is 16.6. The van der Waals surface area contributed by atoms with Gasteiger partial charge >= 0.3 is 6.09 Å². The lowest BCUT2D eigenvalue weighted by molar-refractivity contribution is -0.385. The van der Waals surface area contributed by atoms with Gasteiger partial charge in [-0.15, -0.1) is 0 Å². The van der Waals surface area contributed by atoms with E-state index < -0.39 is 52.0 Å². The predicted octanol–water partition coefficient (Wildman–Crippen LogP) is 4.83. The average Bonchev–Trinajstić information content (AvgIpc) is 3.00. The van der Waals surface area contributed by atoms with E-state index in [-0.39, 0.29) is 30.6 Å². The van der Waals surface area contributed by atoms with Gasteiger partial charge in [-0.2, -0.15) is 0 Å². The molecule has 0 saturated heterocycles. The van der Waals surface area contributed by atoms with Crippen LogP contribution in [0.25, 0.3) is 0 Å². The number of ether oxygens (including phenoxy) is 1. The lowest BCUT2D eigenvalue weighted by atomic mass is 9.83. The summed E-state index contributed by atoms with van der Waals surface area (Å²) < 4.78 is 5.41. The van der Waals surface area contributed by atoms with Gasteiger partial charge in [-0.1, -0.05) is 51.1 Å². The van der Waals surface area contributed by atoms with Crippen LogP contribution in [0, 0.1) is 15.5 Å². The van der Waals surface area contributed by atoms with Crippen molar-refractivity contribution in [3.8, 4) is 0 Å². The molecule has 2 aromatic carbocycles. The van der Waals surface area contributed by atoms with Crippen molar-refractivity contribution in [1.29, 1.82) is 0 Å². The van der Waals surface area contributed by atoms with Crippen molar-refractivity contribution in [3.05, 3.63) is 74.8 Å². The van der Waals surface area contributed by atoms with E-state index in [1.54, 1.807) is 47.6 Å². The van der Waals surface area contributed by atoms with Crippen molar-refractivity contribution in [1.82, 2.24) is 20.4 Å². The molecule has 2 N–H and O–H groups in total. The number of nitro benzene ring substituents is 1. The molecule has 0 unspecified atom stereocenters. The number of fused-ring (bicyclic) bond motifs is 2. The third-order valence-corrected chi connectivity index (χ3v) is 8.84. The maximum atomic E-state index is 14.5. The second-order valence-corrected chi connectivity index (χ2v) is 14.6. The minimum absolute atomic E-state index is 0.0506. The first-order valence-corrected chi connectivity index (χ1v) is 16.1. The van der Waals surface area contributed by atoms with E-state index in [4.69, 9.17) is 4.74 Å². The maximum absolute atomic E-state index is 14.5. The number of hydrogen-bond donors (Lipinski definition) is 2. The van der Waals surface area contributed by atoms with Gasteiger partial charge in [-0.3, -0.25) is 29.4 Å². The smallest absolute Gasteiger partial charge is 0.410 e. The number of carbonyl (C=O) groups excluding carboxylic acids is 4. The molecule has 12 heteroatoms. The normalized spacial score (nSPS) is 18.9. The molecule has 0 radical (unpaired) electrons. The van der Waals surface area contributed by atoms with E-state index in [2.05, 4.69) is 16.7 Å². The Morgan fingerprint density at radius 2 is 1.70 bits per heavy atom. The van der Waals surface area contributed by atoms with Gasteiger partial charge in [0.15, 0.2) is 0 Å². The summed E-state index contributed by atoms with van der Waals surface area (Å²) in [5, 5.41) is 17.6. The lowest BCUT2D eigenvalue weighted by Gasteiger charge is -2.42. The largest absolute Gasteiger partial charge is 0.444 e. The second kappa shape index (κ2) is 13.7. The molecule has 4 atom stereocenters. The fraction of sp³-hybridized carbons (Fsp3) is 0.543. The number of non-ortho nitro benzene ring substituents is 1. The molecule has 1 aliphatic heterocycles. The number of amides is 4.